The molecule has 1 heterocycles. The molecule has 27 heavy (non-hydrogen) atoms. The van der Waals surface area contributed by atoms with E-state index in [0.29, 0.717) is 5.41 Å². The molecule has 0 radical (unpaired) electrons. The fourth-order valence-corrected chi connectivity index (χ4v) is 8.09. The molecule has 2 nitrogen and oxygen atoms in total. The number of fused-ring (bicyclic) bond motifs is 5. The molecule has 5 aliphatic rings. The molecule has 1 spiro atoms. The van der Waals surface area contributed by atoms with Gasteiger partial charge in [-0.2, -0.15) is 0 Å². The van der Waals surface area contributed by atoms with E-state index >= 15 is 0 Å². The highest BCUT2D eigenvalue weighted by molar-refractivity contribution is 5.22. The van der Waals surface area contributed by atoms with Gasteiger partial charge in [-0.15, -0.1) is 0 Å². The second kappa shape index (κ2) is 6.73. The van der Waals surface area contributed by atoms with Crippen molar-refractivity contribution in [2.24, 2.45) is 40.9 Å². The van der Waals surface area contributed by atoms with Crippen molar-refractivity contribution in [1.29, 1.82) is 0 Å². The molecule has 5 rings (SSSR count). The Hall–Kier alpha value is -0.600. The predicted molar refractivity (Wildman–Crippen MR) is 109 cm³/mol. The molecule has 4 aliphatic carbocycles. The third kappa shape index (κ3) is 2.81. The molecule has 0 aromatic rings. The summed E-state index contributed by atoms with van der Waals surface area (Å²) in [6.07, 6.45) is 17.9. The summed E-state index contributed by atoms with van der Waals surface area (Å²) < 4.78 is 12.1. The lowest BCUT2D eigenvalue weighted by molar-refractivity contribution is -0.176. The van der Waals surface area contributed by atoms with E-state index in [9.17, 15) is 0 Å². The smallest absolute Gasteiger partial charge is 0.172 e. The lowest BCUT2D eigenvalue weighted by atomic mass is 9.51. The van der Waals surface area contributed by atoms with Crippen LogP contribution >= 0.6 is 0 Å². The van der Waals surface area contributed by atoms with Crippen LogP contribution in [0.5, 0.6) is 0 Å². The van der Waals surface area contributed by atoms with E-state index in [1.54, 1.807) is 5.57 Å². The molecule has 1 aliphatic heterocycles. The van der Waals surface area contributed by atoms with Crippen molar-refractivity contribution in [2.75, 3.05) is 13.2 Å². The normalized spacial score (nSPS) is 48.3. The minimum atomic E-state index is -0.254. The summed E-state index contributed by atoms with van der Waals surface area (Å²) in [5.41, 5.74) is 2.21. The minimum Gasteiger partial charge on any atom is -0.347 e. The van der Waals surface area contributed by atoms with Gasteiger partial charge in [-0.1, -0.05) is 44.6 Å². The van der Waals surface area contributed by atoms with Crippen molar-refractivity contribution < 1.29 is 9.47 Å². The van der Waals surface area contributed by atoms with Crippen LogP contribution in [0.15, 0.2) is 23.8 Å². The van der Waals surface area contributed by atoms with Gasteiger partial charge in [0.05, 0.1) is 13.2 Å². The van der Waals surface area contributed by atoms with E-state index in [1.807, 2.05) is 0 Å². The highest BCUT2D eigenvalue weighted by Crippen LogP contribution is 2.65. The van der Waals surface area contributed by atoms with Gasteiger partial charge in [-0.3, -0.25) is 0 Å². The fraction of sp³-hybridized carbons (Fsp3) is 0.840. The summed E-state index contributed by atoms with van der Waals surface area (Å²) in [7, 11) is 0. The monoisotopic (exact) mass is 370 g/mol. The highest BCUT2D eigenvalue weighted by Gasteiger charge is 2.58. The Labute approximate surface area is 165 Å². The molecule has 2 heteroatoms. The van der Waals surface area contributed by atoms with E-state index in [-0.39, 0.29) is 5.79 Å². The van der Waals surface area contributed by atoms with Gasteiger partial charge >= 0.3 is 0 Å². The van der Waals surface area contributed by atoms with Crippen LogP contribution < -0.4 is 0 Å². The van der Waals surface area contributed by atoms with Crippen molar-refractivity contribution >= 4 is 0 Å². The first-order chi connectivity index (χ1) is 13.1. The Morgan fingerprint density at radius 3 is 2.74 bits per heavy atom. The molecule has 6 unspecified atom stereocenters. The standard InChI is InChI=1S/C25H38O2/c1-4-5-6-22-17(2)15-23-21-8-7-18-16-25(26-13-14-27-25)12-10-19(18)20(21)9-11-24(22,23)3/h5-7,17,19-23H,4,8-16H2,1-3H3/b6-5-/t17-,19?,20?,21?,22?,23?,24?/m1/s1. The number of ether oxygens (including phenoxy) is 2. The molecular formula is C25H38O2. The van der Waals surface area contributed by atoms with Crippen LogP contribution in [0.2, 0.25) is 0 Å². The number of hydrogen-bond acceptors (Lipinski definition) is 2. The largest absolute Gasteiger partial charge is 0.347 e. The molecule has 4 fully saturated rings. The summed E-state index contributed by atoms with van der Waals surface area (Å²) in [5, 5.41) is 0. The van der Waals surface area contributed by atoms with Crippen LogP contribution in [-0.4, -0.2) is 19.0 Å². The number of rotatable bonds is 2. The first-order valence-electron chi connectivity index (χ1n) is 11.7. The third-order valence-corrected chi connectivity index (χ3v) is 9.28. The Morgan fingerprint density at radius 2 is 1.96 bits per heavy atom. The van der Waals surface area contributed by atoms with Gasteiger partial charge in [0.2, 0.25) is 0 Å². The van der Waals surface area contributed by atoms with E-state index in [4.69, 9.17) is 9.47 Å². The van der Waals surface area contributed by atoms with Gasteiger partial charge < -0.3 is 9.47 Å². The molecular weight excluding hydrogens is 332 g/mol. The first-order valence-corrected chi connectivity index (χ1v) is 11.7. The molecule has 0 bridgehead atoms. The summed E-state index contributed by atoms with van der Waals surface area (Å²) in [6.45, 7) is 9.00. The first kappa shape index (κ1) is 18.4. The van der Waals surface area contributed by atoms with Gasteiger partial charge in [0.15, 0.2) is 5.79 Å². The number of allylic oxidation sites excluding steroid dienone is 3. The molecule has 1 saturated heterocycles. The van der Waals surface area contributed by atoms with Crippen LogP contribution in [0, 0.1) is 40.9 Å². The molecule has 150 valence electrons. The van der Waals surface area contributed by atoms with Gasteiger partial charge in [0.1, 0.15) is 0 Å². The summed E-state index contributed by atoms with van der Waals surface area (Å²) >= 11 is 0. The average Bonchev–Trinajstić information content (AvgIpc) is 3.21. The van der Waals surface area contributed by atoms with Crippen molar-refractivity contribution in [3.8, 4) is 0 Å². The number of hydrogen-bond donors (Lipinski definition) is 0. The van der Waals surface area contributed by atoms with E-state index in [0.717, 1.165) is 61.6 Å². The van der Waals surface area contributed by atoms with Gasteiger partial charge in [0, 0.05) is 12.8 Å². The zero-order valence-corrected chi connectivity index (χ0v) is 17.6. The minimum absolute atomic E-state index is 0.254. The third-order valence-electron chi connectivity index (χ3n) is 9.28. The zero-order chi connectivity index (χ0) is 18.6. The second-order valence-corrected chi connectivity index (χ2v) is 10.5. The van der Waals surface area contributed by atoms with Crippen molar-refractivity contribution in [3.63, 3.8) is 0 Å². The van der Waals surface area contributed by atoms with Crippen molar-refractivity contribution in [1.82, 2.24) is 0 Å². The van der Waals surface area contributed by atoms with Gasteiger partial charge in [-0.05, 0) is 79.4 Å². The van der Waals surface area contributed by atoms with Crippen LogP contribution in [-0.2, 0) is 9.47 Å². The zero-order valence-electron chi connectivity index (χ0n) is 17.6. The topological polar surface area (TPSA) is 18.5 Å². The summed E-state index contributed by atoms with van der Waals surface area (Å²) in [6, 6.07) is 0. The molecule has 3 saturated carbocycles. The maximum absolute atomic E-state index is 6.05. The molecule has 0 N–H and O–H groups in total. The lowest BCUT2D eigenvalue weighted by Crippen LogP contribution is -2.47. The summed E-state index contributed by atoms with van der Waals surface area (Å²) in [4.78, 5) is 0. The fourth-order valence-electron chi connectivity index (χ4n) is 8.09. The SMILES string of the molecule is CC/C=C\C1[C@H](C)CC2C3CC=C4CC5(CCC4C3CCC21C)OCCO5. The van der Waals surface area contributed by atoms with E-state index in [1.165, 1.54) is 38.5 Å². The Balaban J connectivity index is 1.39. The predicted octanol–water partition coefficient (Wildman–Crippen LogP) is 6.13. The van der Waals surface area contributed by atoms with Crippen molar-refractivity contribution in [2.45, 2.75) is 77.9 Å². The lowest BCUT2D eigenvalue weighted by Gasteiger charge is -2.54. The van der Waals surface area contributed by atoms with Crippen molar-refractivity contribution in [3.05, 3.63) is 23.8 Å². The molecule has 0 aromatic carbocycles. The van der Waals surface area contributed by atoms with Gasteiger partial charge in [-0.25, -0.2) is 0 Å². The average molecular weight is 371 g/mol. The van der Waals surface area contributed by atoms with E-state index < -0.39 is 0 Å². The van der Waals surface area contributed by atoms with Crippen LogP contribution in [0.3, 0.4) is 0 Å². The Bertz CT molecular complexity index is 628. The van der Waals surface area contributed by atoms with Crippen LogP contribution in [0.25, 0.3) is 0 Å². The second-order valence-electron chi connectivity index (χ2n) is 10.5. The molecule has 0 aromatic heterocycles. The maximum Gasteiger partial charge on any atom is 0.172 e. The molecule has 7 atom stereocenters. The summed E-state index contributed by atoms with van der Waals surface area (Å²) in [5.74, 6) is 4.96. The Kier molecular flexibility index (Phi) is 4.59. The van der Waals surface area contributed by atoms with E-state index in [2.05, 4.69) is 39.0 Å². The quantitative estimate of drug-likeness (QED) is 0.544. The van der Waals surface area contributed by atoms with Gasteiger partial charge in [0.25, 0.3) is 0 Å². The maximum atomic E-state index is 6.05. The van der Waals surface area contributed by atoms with Crippen LogP contribution in [0.1, 0.15) is 72.1 Å². The van der Waals surface area contributed by atoms with Crippen LogP contribution in [0.4, 0.5) is 0 Å². The Morgan fingerprint density at radius 1 is 1.15 bits per heavy atom. The highest BCUT2D eigenvalue weighted by atomic mass is 16.7. The molecule has 0 amide bonds.